The Morgan fingerprint density at radius 1 is 1.41 bits per heavy atom. The Hall–Kier alpha value is -2.93. The molecule has 0 aliphatic rings. The molecule has 2 heterocycles. The minimum atomic E-state index is -0.390. The van der Waals surface area contributed by atoms with E-state index in [1.807, 2.05) is 20.0 Å². The van der Waals surface area contributed by atoms with Crippen LogP contribution in [-0.4, -0.2) is 25.5 Å². The summed E-state index contributed by atoms with van der Waals surface area (Å²) in [7, 11) is 0. The molecule has 140 valence electrons. The van der Waals surface area contributed by atoms with E-state index >= 15 is 0 Å². The Labute approximate surface area is 161 Å². The molecule has 0 aliphatic carbocycles. The second-order valence-electron chi connectivity index (χ2n) is 5.98. The monoisotopic (exact) mass is 387 g/mol. The van der Waals surface area contributed by atoms with E-state index in [0.29, 0.717) is 16.4 Å². The third-order valence-corrected chi connectivity index (χ3v) is 4.36. The number of nitrogens with zero attached hydrogens (tertiary/aromatic N) is 4. The lowest BCUT2D eigenvalue weighted by Gasteiger charge is -2.07. The van der Waals surface area contributed by atoms with Crippen LogP contribution in [0.1, 0.15) is 23.7 Å². The standard InChI is InChI=1S/C19H19ClFN5O/c1-3-25-11-14(10-22-25)7-8-19(27)23-18-9-13(2)26(24-18)12-15-16(20)5-4-6-17(15)21/h4-11H,3,12H2,1-2H3,(H,23,24,27)/b8-7+. The quantitative estimate of drug-likeness (QED) is 0.652. The Balaban J connectivity index is 1.68. The van der Waals surface area contributed by atoms with Crippen LogP contribution >= 0.6 is 11.6 Å². The van der Waals surface area contributed by atoms with E-state index in [-0.39, 0.29) is 12.5 Å². The van der Waals surface area contributed by atoms with Gasteiger partial charge in [0.2, 0.25) is 5.91 Å². The summed E-state index contributed by atoms with van der Waals surface area (Å²) < 4.78 is 17.3. The van der Waals surface area contributed by atoms with E-state index in [4.69, 9.17) is 11.6 Å². The number of benzene rings is 1. The lowest BCUT2D eigenvalue weighted by Crippen LogP contribution is -2.10. The van der Waals surface area contributed by atoms with Gasteiger partial charge in [0.1, 0.15) is 5.82 Å². The molecule has 0 aliphatic heterocycles. The summed E-state index contributed by atoms with van der Waals surface area (Å²) in [5.74, 6) is -0.315. The van der Waals surface area contributed by atoms with Crippen molar-refractivity contribution in [3.05, 3.63) is 70.4 Å². The van der Waals surface area contributed by atoms with Crippen molar-refractivity contribution in [2.75, 3.05) is 5.32 Å². The zero-order valence-corrected chi connectivity index (χ0v) is 15.7. The van der Waals surface area contributed by atoms with Gasteiger partial charge in [-0.3, -0.25) is 14.2 Å². The molecule has 2 aromatic heterocycles. The Morgan fingerprint density at radius 2 is 2.22 bits per heavy atom. The molecule has 0 saturated carbocycles. The van der Waals surface area contributed by atoms with E-state index in [0.717, 1.165) is 17.8 Å². The molecule has 0 spiro atoms. The lowest BCUT2D eigenvalue weighted by atomic mass is 10.2. The Morgan fingerprint density at radius 3 is 2.93 bits per heavy atom. The second-order valence-corrected chi connectivity index (χ2v) is 6.39. The van der Waals surface area contributed by atoms with Crippen LogP contribution < -0.4 is 5.32 Å². The molecule has 0 bridgehead atoms. The Bertz CT molecular complexity index is 972. The van der Waals surface area contributed by atoms with E-state index in [9.17, 15) is 9.18 Å². The molecule has 8 heteroatoms. The first-order valence-electron chi connectivity index (χ1n) is 8.45. The van der Waals surface area contributed by atoms with Crippen molar-refractivity contribution in [2.24, 2.45) is 0 Å². The van der Waals surface area contributed by atoms with Crippen LogP contribution in [0.3, 0.4) is 0 Å². The van der Waals surface area contributed by atoms with Crippen LogP contribution in [-0.2, 0) is 17.9 Å². The SMILES string of the molecule is CCn1cc(/C=C/C(=O)Nc2cc(C)n(Cc3c(F)cccc3Cl)n2)cn1. The highest BCUT2D eigenvalue weighted by molar-refractivity contribution is 6.31. The van der Waals surface area contributed by atoms with Gasteiger partial charge in [-0.1, -0.05) is 17.7 Å². The van der Waals surface area contributed by atoms with Crippen molar-refractivity contribution in [2.45, 2.75) is 26.9 Å². The van der Waals surface area contributed by atoms with Gasteiger partial charge in [-0.25, -0.2) is 4.39 Å². The molecule has 0 fully saturated rings. The summed E-state index contributed by atoms with van der Waals surface area (Å²) in [6, 6.07) is 6.26. The number of nitrogens with one attached hydrogen (secondary N) is 1. The average molecular weight is 388 g/mol. The maximum absolute atomic E-state index is 14.0. The summed E-state index contributed by atoms with van der Waals surface area (Å²) >= 11 is 6.07. The molecule has 1 N–H and O–H groups in total. The summed E-state index contributed by atoms with van der Waals surface area (Å²) in [6.07, 6.45) is 6.63. The number of hydrogen-bond acceptors (Lipinski definition) is 3. The van der Waals surface area contributed by atoms with Gasteiger partial charge in [0.15, 0.2) is 5.82 Å². The highest BCUT2D eigenvalue weighted by Crippen LogP contribution is 2.21. The summed E-state index contributed by atoms with van der Waals surface area (Å²) in [6.45, 7) is 4.76. The predicted molar refractivity (Wildman–Crippen MR) is 103 cm³/mol. The molecule has 1 amide bonds. The maximum Gasteiger partial charge on any atom is 0.249 e. The van der Waals surface area contributed by atoms with Crippen molar-refractivity contribution < 1.29 is 9.18 Å². The van der Waals surface area contributed by atoms with E-state index in [2.05, 4.69) is 15.5 Å². The minimum Gasteiger partial charge on any atom is -0.306 e. The number of halogens is 2. The molecule has 1 aromatic carbocycles. The van der Waals surface area contributed by atoms with E-state index in [1.54, 1.807) is 39.8 Å². The highest BCUT2D eigenvalue weighted by atomic mass is 35.5. The normalized spacial score (nSPS) is 11.3. The van der Waals surface area contributed by atoms with Crippen LogP contribution in [0.4, 0.5) is 10.2 Å². The van der Waals surface area contributed by atoms with E-state index in [1.165, 1.54) is 12.1 Å². The number of aromatic nitrogens is 4. The van der Waals surface area contributed by atoms with Gasteiger partial charge in [0, 0.05) is 46.7 Å². The fourth-order valence-electron chi connectivity index (χ4n) is 2.54. The zero-order valence-electron chi connectivity index (χ0n) is 15.0. The van der Waals surface area contributed by atoms with E-state index < -0.39 is 5.82 Å². The number of aryl methyl sites for hydroxylation is 2. The van der Waals surface area contributed by atoms with Crippen LogP contribution in [0.2, 0.25) is 5.02 Å². The molecule has 27 heavy (non-hydrogen) atoms. The number of carbonyl (C=O) groups excluding carboxylic acids is 1. The van der Waals surface area contributed by atoms with Crippen molar-refractivity contribution in [3.8, 4) is 0 Å². The van der Waals surface area contributed by atoms with Crippen LogP contribution in [0.25, 0.3) is 6.08 Å². The van der Waals surface area contributed by atoms with Crippen LogP contribution in [0.5, 0.6) is 0 Å². The fourth-order valence-corrected chi connectivity index (χ4v) is 2.77. The number of amides is 1. The smallest absolute Gasteiger partial charge is 0.249 e. The molecule has 0 radical (unpaired) electrons. The molecular weight excluding hydrogens is 369 g/mol. The van der Waals surface area contributed by atoms with Crippen molar-refractivity contribution in [1.82, 2.24) is 19.6 Å². The van der Waals surface area contributed by atoms with Gasteiger partial charge in [0.25, 0.3) is 0 Å². The number of rotatable bonds is 6. The number of carbonyl (C=O) groups is 1. The van der Waals surface area contributed by atoms with Crippen LogP contribution in [0.15, 0.2) is 42.7 Å². The van der Waals surface area contributed by atoms with Gasteiger partial charge >= 0.3 is 0 Å². The zero-order chi connectivity index (χ0) is 19.4. The van der Waals surface area contributed by atoms with Crippen LogP contribution in [0, 0.1) is 12.7 Å². The molecule has 6 nitrogen and oxygen atoms in total. The summed E-state index contributed by atoms with van der Waals surface area (Å²) in [5, 5.41) is 11.5. The van der Waals surface area contributed by atoms with Gasteiger partial charge < -0.3 is 5.32 Å². The third kappa shape index (κ3) is 4.62. The predicted octanol–water partition coefficient (Wildman–Crippen LogP) is 3.90. The van der Waals surface area contributed by atoms with Crippen molar-refractivity contribution in [3.63, 3.8) is 0 Å². The fraction of sp³-hybridized carbons (Fsp3) is 0.211. The molecule has 0 unspecified atom stereocenters. The molecule has 0 saturated heterocycles. The number of hydrogen-bond donors (Lipinski definition) is 1. The van der Waals surface area contributed by atoms with Crippen molar-refractivity contribution >= 4 is 29.4 Å². The average Bonchev–Trinajstić information content (AvgIpc) is 3.23. The number of anilines is 1. The third-order valence-electron chi connectivity index (χ3n) is 4.01. The molecular formula is C19H19ClFN5O. The summed E-state index contributed by atoms with van der Waals surface area (Å²) in [5.41, 5.74) is 1.97. The van der Waals surface area contributed by atoms with Gasteiger partial charge in [-0.15, -0.1) is 0 Å². The summed E-state index contributed by atoms with van der Waals surface area (Å²) in [4.78, 5) is 12.1. The lowest BCUT2D eigenvalue weighted by molar-refractivity contribution is -0.111. The first-order valence-corrected chi connectivity index (χ1v) is 8.83. The Kier molecular flexibility index (Phi) is 5.71. The first-order chi connectivity index (χ1) is 13.0. The molecule has 0 atom stereocenters. The minimum absolute atomic E-state index is 0.180. The molecule has 3 aromatic rings. The second kappa shape index (κ2) is 8.18. The van der Waals surface area contributed by atoms with Gasteiger partial charge in [0.05, 0.1) is 12.7 Å². The maximum atomic E-state index is 14.0. The molecule has 3 rings (SSSR count). The van der Waals surface area contributed by atoms with Gasteiger partial charge in [-0.2, -0.15) is 10.2 Å². The van der Waals surface area contributed by atoms with Gasteiger partial charge in [-0.05, 0) is 32.1 Å². The van der Waals surface area contributed by atoms with Crippen molar-refractivity contribution in [1.29, 1.82) is 0 Å². The largest absolute Gasteiger partial charge is 0.306 e. The topological polar surface area (TPSA) is 64.7 Å². The first kappa shape index (κ1) is 18.8. The highest BCUT2D eigenvalue weighted by Gasteiger charge is 2.12.